The van der Waals surface area contributed by atoms with Crippen molar-refractivity contribution >= 4 is 15.9 Å². The van der Waals surface area contributed by atoms with Crippen LogP contribution in [0.3, 0.4) is 0 Å². The first kappa shape index (κ1) is 23.7. The summed E-state index contributed by atoms with van der Waals surface area (Å²) in [6, 6.07) is 14.9. The Morgan fingerprint density at radius 2 is 1.70 bits per heavy atom. The first-order valence-electron chi connectivity index (χ1n) is 11.3. The van der Waals surface area contributed by atoms with Crippen molar-refractivity contribution < 1.29 is 27.8 Å². The van der Waals surface area contributed by atoms with E-state index in [4.69, 9.17) is 9.47 Å². The number of amides is 1. The van der Waals surface area contributed by atoms with Crippen LogP contribution in [0.25, 0.3) is 0 Å². The van der Waals surface area contributed by atoms with Gasteiger partial charge in [-0.1, -0.05) is 18.2 Å². The smallest absolute Gasteiger partial charge is 0.240 e. The minimum atomic E-state index is -3.79. The molecule has 0 bridgehead atoms. The van der Waals surface area contributed by atoms with Crippen molar-refractivity contribution in [3.8, 4) is 11.5 Å². The lowest BCUT2D eigenvalue weighted by atomic mass is 9.98. The molecule has 0 spiro atoms. The Morgan fingerprint density at radius 1 is 1.00 bits per heavy atom. The Morgan fingerprint density at radius 3 is 2.36 bits per heavy atom. The molecule has 2 aromatic rings. The molecule has 2 fully saturated rings. The van der Waals surface area contributed by atoms with Crippen LogP contribution in [-0.2, 0) is 19.6 Å². The molecule has 1 aliphatic carbocycles. The van der Waals surface area contributed by atoms with Crippen molar-refractivity contribution in [1.29, 1.82) is 0 Å². The third kappa shape index (κ3) is 6.54. The Kier molecular flexibility index (Phi) is 7.64. The number of nitrogens with one attached hydrogen (secondary N) is 2. The second kappa shape index (κ2) is 10.6. The summed E-state index contributed by atoms with van der Waals surface area (Å²) in [7, 11) is -3.79. The summed E-state index contributed by atoms with van der Waals surface area (Å²) in [5.74, 6) is 1.46. The number of carbonyl (C=O) groups is 1. The van der Waals surface area contributed by atoms with E-state index in [1.807, 2.05) is 30.3 Å². The summed E-state index contributed by atoms with van der Waals surface area (Å²) in [6.07, 6.45) is 2.98. The molecular weight excluding hydrogens is 444 g/mol. The van der Waals surface area contributed by atoms with Crippen molar-refractivity contribution in [3.05, 3.63) is 54.6 Å². The third-order valence-corrected chi connectivity index (χ3v) is 7.43. The van der Waals surface area contributed by atoms with Gasteiger partial charge in [0, 0.05) is 12.5 Å². The highest BCUT2D eigenvalue weighted by atomic mass is 32.2. The second-order valence-corrected chi connectivity index (χ2v) is 10.2. The second-order valence-electron chi connectivity index (χ2n) is 8.52. The van der Waals surface area contributed by atoms with E-state index in [1.165, 1.54) is 12.1 Å². The van der Waals surface area contributed by atoms with Gasteiger partial charge < -0.3 is 19.9 Å². The van der Waals surface area contributed by atoms with Crippen LogP contribution in [0, 0.1) is 5.92 Å². The molecule has 33 heavy (non-hydrogen) atoms. The predicted octanol–water partition coefficient (Wildman–Crippen LogP) is 2.58. The van der Waals surface area contributed by atoms with Crippen molar-refractivity contribution in [2.45, 2.75) is 55.2 Å². The Labute approximate surface area is 194 Å². The molecule has 2 aliphatic rings. The number of ether oxygens (including phenoxy) is 2. The number of para-hydroxylation sites is 1. The Balaban J connectivity index is 1.30. The summed E-state index contributed by atoms with van der Waals surface area (Å²) in [4.78, 5) is 11.9. The molecule has 1 amide bonds. The highest BCUT2D eigenvalue weighted by molar-refractivity contribution is 7.89. The maximum atomic E-state index is 12.9. The lowest BCUT2D eigenvalue weighted by Crippen LogP contribution is -2.51. The zero-order valence-electron chi connectivity index (χ0n) is 18.4. The molecule has 4 rings (SSSR count). The molecule has 0 aromatic heterocycles. The average Bonchev–Trinajstić information content (AvgIpc) is 3.66. The predicted molar refractivity (Wildman–Crippen MR) is 122 cm³/mol. The number of hydrogen-bond acceptors (Lipinski definition) is 6. The van der Waals surface area contributed by atoms with E-state index >= 15 is 0 Å². The van der Waals surface area contributed by atoms with Gasteiger partial charge in [-0.2, -0.15) is 0 Å². The number of aliphatic hydroxyl groups is 1. The molecule has 1 heterocycles. The quantitative estimate of drug-likeness (QED) is 0.488. The summed E-state index contributed by atoms with van der Waals surface area (Å²) in [5.41, 5.74) is 0. The normalized spacial score (nSPS) is 23.1. The fourth-order valence-corrected chi connectivity index (χ4v) is 5.20. The lowest BCUT2D eigenvalue weighted by molar-refractivity contribution is -0.122. The number of sulfonamides is 1. The molecule has 2 aromatic carbocycles. The molecule has 0 radical (unpaired) electrons. The fraction of sp³-hybridized carbons (Fsp3) is 0.458. The monoisotopic (exact) mass is 474 g/mol. The fourth-order valence-electron chi connectivity index (χ4n) is 3.90. The summed E-state index contributed by atoms with van der Waals surface area (Å²) >= 11 is 0. The zero-order chi connectivity index (χ0) is 23.3. The number of benzene rings is 2. The van der Waals surface area contributed by atoms with Gasteiger partial charge in [-0.3, -0.25) is 4.79 Å². The van der Waals surface area contributed by atoms with E-state index < -0.39 is 22.2 Å². The Bertz CT molecular complexity index is 1020. The van der Waals surface area contributed by atoms with E-state index in [-0.39, 0.29) is 29.4 Å². The lowest BCUT2D eigenvalue weighted by Gasteiger charge is -2.36. The molecule has 178 valence electrons. The minimum absolute atomic E-state index is 0.0929. The molecule has 9 heteroatoms. The summed E-state index contributed by atoms with van der Waals surface area (Å²) in [5, 5.41) is 12.7. The topological polar surface area (TPSA) is 114 Å². The standard InChI is InChI=1S/C24H30N2O6S/c27-16-23-22(13-10-20(32-23)14-15-25-24(28)17-6-7-17)26-33(29,30)21-11-8-19(9-12-21)31-18-4-2-1-3-5-18/h1-5,8-9,11-12,17,20,22-23,26-27H,6-7,10,13-16H2,(H,25,28)/t20-,22-,23-/m0/s1. The van der Waals surface area contributed by atoms with Crippen LogP contribution in [0.15, 0.2) is 59.5 Å². The van der Waals surface area contributed by atoms with Gasteiger partial charge >= 0.3 is 0 Å². The van der Waals surface area contributed by atoms with E-state index in [1.54, 1.807) is 12.1 Å². The van der Waals surface area contributed by atoms with Gasteiger partial charge in [0.1, 0.15) is 11.5 Å². The maximum absolute atomic E-state index is 12.9. The van der Waals surface area contributed by atoms with E-state index in [0.717, 1.165) is 12.8 Å². The van der Waals surface area contributed by atoms with Crippen LogP contribution < -0.4 is 14.8 Å². The van der Waals surface area contributed by atoms with Crippen molar-refractivity contribution in [3.63, 3.8) is 0 Å². The van der Waals surface area contributed by atoms with E-state index in [0.29, 0.717) is 37.3 Å². The van der Waals surface area contributed by atoms with Gasteiger partial charge in [-0.15, -0.1) is 0 Å². The van der Waals surface area contributed by atoms with Crippen LogP contribution in [0.5, 0.6) is 11.5 Å². The largest absolute Gasteiger partial charge is 0.457 e. The molecule has 1 saturated carbocycles. The maximum Gasteiger partial charge on any atom is 0.240 e. The highest BCUT2D eigenvalue weighted by Gasteiger charge is 2.34. The van der Waals surface area contributed by atoms with Gasteiger partial charge in [-0.25, -0.2) is 13.1 Å². The molecule has 1 saturated heterocycles. The van der Waals surface area contributed by atoms with Gasteiger partial charge in [-0.05, 0) is 68.5 Å². The minimum Gasteiger partial charge on any atom is -0.457 e. The highest BCUT2D eigenvalue weighted by Crippen LogP contribution is 2.29. The zero-order valence-corrected chi connectivity index (χ0v) is 19.2. The van der Waals surface area contributed by atoms with Crippen LogP contribution in [0.1, 0.15) is 32.1 Å². The summed E-state index contributed by atoms with van der Waals surface area (Å²) in [6.45, 7) is 0.230. The first-order valence-corrected chi connectivity index (χ1v) is 12.8. The molecular formula is C24H30N2O6S. The van der Waals surface area contributed by atoms with Gasteiger partial charge in [0.2, 0.25) is 15.9 Å². The average molecular weight is 475 g/mol. The molecule has 1 aliphatic heterocycles. The van der Waals surface area contributed by atoms with Crippen molar-refractivity contribution in [2.75, 3.05) is 13.2 Å². The Hall–Kier alpha value is -2.46. The third-order valence-electron chi connectivity index (χ3n) is 5.93. The van der Waals surface area contributed by atoms with E-state index in [9.17, 15) is 18.3 Å². The van der Waals surface area contributed by atoms with Crippen LogP contribution in [0.4, 0.5) is 0 Å². The molecule has 0 unspecified atom stereocenters. The number of aliphatic hydroxyl groups excluding tert-OH is 1. The first-order chi connectivity index (χ1) is 15.9. The SMILES string of the molecule is O=C(NCC[C@@H]1CC[C@H](NS(=O)(=O)c2ccc(Oc3ccccc3)cc2)[C@H](CO)O1)C1CC1. The number of rotatable bonds is 10. The molecule has 3 N–H and O–H groups in total. The van der Waals surface area contributed by atoms with Crippen LogP contribution in [-0.4, -0.2) is 50.8 Å². The van der Waals surface area contributed by atoms with Crippen molar-refractivity contribution in [1.82, 2.24) is 10.0 Å². The van der Waals surface area contributed by atoms with Gasteiger partial charge in [0.05, 0.1) is 29.8 Å². The molecule has 8 nitrogen and oxygen atoms in total. The number of carbonyl (C=O) groups excluding carboxylic acids is 1. The number of hydrogen-bond donors (Lipinski definition) is 3. The van der Waals surface area contributed by atoms with Crippen LogP contribution in [0.2, 0.25) is 0 Å². The van der Waals surface area contributed by atoms with Crippen LogP contribution >= 0.6 is 0 Å². The molecule has 3 atom stereocenters. The van der Waals surface area contributed by atoms with Gasteiger partial charge in [0.15, 0.2) is 0 Å². The summed E-state index contributed by atoms with van der Waals surface area (Å²) < 4.78 is 40.1. The van der Waals surface area contributed by atoms with E-state index in [2.05, 4.69) is 10.0 Å². The van der Waals surface area contributed by atoms with Gasteiger partial charge in [0.25, 0.3) is 0 Å². The van der Waals surface area contributed by atoms with Crippen molar-refractivity contribution in [2.24, 2.45) is 5.92 Å².